The lowest BCUT2D eigenvalue weighted by molar-refractivity contribution is -0.137. The fourth-order valence-corrected chi connectivity index (χ4v) is 2.36. The van der Waals surface area contributed by atoms with Crippen LogP contribution in [0, 0.1) is 5.92 Å². The minimum atomic E-state index is -4.53. The molecule has 110 valence electrons. The van der Waals surface area contributed by atoms with Crippen LogP contribution in [0.15, 0.2) is 12.3 Å². The Bertz CT molecular complexity index is 521. The number of likely N-dealkylation sites (tertiary alicyclic amines) is 1. The van der Waals surface area contributed by atoms with Gasteiger partial charge in [0.15, 0.2) is 0 Å². The second-order valence-corrected chi connectivity index (χ2v) is 5.10. The quantitative estimate of drug-likeness (QED) is 0.911. The van der Waals surface area contributed by atoms with Crippen LogP contribution in [0.3, 0.4) is 0 Å². The van der Waals surface area contributed by atoms with Crippen molar-refractivity contribution in [2.75, 3.05) is 19.6 Å². The van der Waals surface area contributed by atoms with Crippen LogP contribution in [0.1, 0.15) is 22.5 Å². The Hall–Kier alpha value is -1.34. The van der Waals surface area contributed by atoms with Gasteiger partial charge in [0.2, 0.25) is 0 Å². The van der Waals surface area contributed by atoms with E-state index in [9.17, 15) is 18.0 Å². The lowest BCUT2D eigenvalue weighted by atomic mass is 10.1. The molecule has 4 nitrogen and oxygen atoms in total. The van der Waals surface area contributed by atoms with Crippen molar-refractivity contribution in [2.24, 2.45) is 11.7 Å². The average Bonchev–Trinajstić information content (AvgIpc) is 2.85. The van der Waals surface area contributed by atoms with Gasteiger partial charge in [-0.3, -0.25) is 4.79 Å². The molecule has 1 fully saturated rings. The molecule has 0 aliphatic carbocycles. The molecule has 0 radical (unpaired) electrons. The Morgan fingerprint density at radius 2 is 2.25 bits per heavy atom. The van der Waals surface area contributed by atoms with Crippen molar-refractivity contribution in [1.29, 1.82) is 0 Å². The zero-order chi connectivity index (χ0) is 14.9. The largest absolute Gasteiger partial charge is 0.417 e. The number of aromatic nitrogens is 1. The van der Waals surface area contributed by atoms with Crippen LogP contribution >= 0.6 is 11.6 Å². The number of pyridine rings is 1. The first-order chi connectivity index (χ1) is 9.32. The molecule has 0 spiro atoms. The Balaban J connectivity index is 2.19. The summed E-state index contributed by atoms with van der Waals surface area (Å²) in [6.07, 6.45) is -3.13. The van der Waals surface area contributed by atoms with Crippen molar-refractivity contribution in [2.45, 2.75) is 12.6 Å². The second kappa shape index (κ2) is 5.57. The van der Waals surface area contributed by atoms with Crippen LogP contribution in [-0.4, -0.2) is 35.4 Å². The van der Waals surface area contributed by atoms with Gasteiger partial charge in [0.1, 0.15) is 5.69 Å². The maximum atomic E-state index is 12.5. The zero-order valence-electron chi connectivity index (χ0n) is 10.5. The van der Waals surface area contributed by atoms with E-state index in [-0.39, 0.29) is 16.6 Å². The molecule has 1 saturated heterocycles. The molecule has 1 aromatic rings. The third-order valence-electron chi connectivity index (χ3n) is 3.28. The highest BCUT2D eigenvalue weighted by Crippen LogP contribution is 2.31. The molecule has 0 saturated carbocycles. The summed E-state index contributed by atoms with van der Waals surface area (Å²) >= 11 is 5.74. The molecular weight excluding hydrogens is 295 g/mol. The van der Waals surface area contributed by atoms with E-state index in [1.54, 1.807) is 0 Å². The first-order valence-corrected chi connectivity index (χ1v) is 6.42. The SMILES string of the molecule is NCC1CCN(C(=O)c2ncc(C(F)(F)F)cc2Cl)C1. The van der Waals surface area contributed by atoms with Gasteiger partial charge in [0, 0.05) is 19.3 Å². The van der Waals surface area contributed by atoms with E-state index >= 15 is 0 Å². The monoisotopic (exact) mass is 307 g/mol. The van der Waals surface area contributed by atoms with E-state index in [4.69, 9.17) is 17.3 Å². The third kappa shape index (κ3) is 3.04. The standard InChI is InChI=1S/C12H13ClF3N3O/c13-9-3-8(12(14,15)16)5-18-10(9)11(20)19-2-1-7(4-17)6-19/h3,5,7H,1-2,4,6,17H2. The molecule has 1 aliphatic rings. The molecule has 1 unspecified atom stereocenters. The number of halogens is 4. The van der Waals surface area contributed by atoms with Crippen LogP contribution in [-0.2, 0) is 6.18 Å². The number of hydrogen-bond acceptors (Lipinski definition) is 3. The first kappa shape index (κ1) is 15.1. The van der Waals surface area contributed by atoms with Crippen molar-refractivity contribution in [1.82, 2.24) is 9.88 Å². The summed E-state index contributed by atoms with van der Waals surface area (Å²) < 4.78 is 37.5. The van der Waals surface area contributed by atoms with Crippen LogP contribution in [0.25, 0.3) is 0 Å². The second-order valence-electron chi connectivity index (χ2n) is 4.69. The molecule has 2 rings (SSSR count). The van der Waals surface area contributed by atoms with Gasteiger partial charge in [0.05, 0.1) is 10.6 Å². The van der Waals surface area contributed by atoms with Gasteiger partial charge in [0.25, 0.3) is 5.91 Å². The topological polar surface area (TPSA) is 59.2 Å². The van der Waals surface area contributed by atoms with E-state index < -0.39 is 17.6 Å². The number of nitrogens with zero attached hydrogens (tertiary/aromatic N) is 2. The van der Waals surface area contributed by atoms with Crippen molar-refractivity contribution in [3.05, 3.63) is 28.5 Å². The van der Waals surface area contributed by atoms with E-state index in [0.29, 0.717) is 25.8 Å². The molecular formula is C12H13ClF3N3O. The summed E-state index contributed by atoms with van der Waals surface area (Å²) in [5.74, 6) is -0.244. The summed E-state index contributed by atoms with van der Waals surface area (Å²) in [5, 5.41) is -0.291. The molecule has 8 heteroatoms. The third-order valence-corrected chi connectivity index (χ3v) is 3.57. The van der Waals surface area contributed by atoms with E-state index in [0.717, 1.165) is 12.5 Å². The molecule has 1 amide bonds. The Morgan fingerprint density at radius 3 is 2.75 bits per heavy atom. The summed E-state index contributed by atoms with van der Waals surface area (Å²) in [4.78, 5) is 17.2. The van der Waals surface area contributed by atoms with Crippen molar-refractivity contribution >= 4 is 17.5 Å². The van der Waals surface area contributed by atoms with Gasteiger partial charge in [-0.15, -0.1) is 0 Å². The number of nitrogens with two attached hydrogens (primary N) is 1. The zero-order valence-corrected chi connectivity index (χ0v) is 11.2. The number of carbonyl (C=O) groups is 1. The summed E-state index contributed by atoms with van der Waals surface area (Å²) in [7, 11) is 0. The maximum absolute atomic E-state index is 12.5. The Morgan fingerprint density at radius 1 is 1.55 bits per heavy atom. The number of alkyl halides is 3. The number of rotatable bonds is 2. The van der Waals surface area contributed by atoms with E-state index in [1.807, 2.05) is 0 Å². The van der Waals surface area contributed by atoms with Gasteiger partial charge in [-0.2, -0.15) is 13.2 Å². The molecule has 1 aliphatic heterocycles. The highest BCUT2D eigenvalue weighted by Gasteiger charge is 2.33. The molecule has 2 heterocycles. The predicted octanol–water partition coefficient (Wildman–Crippen LogP) is 2.17. The Kier molecular flexibility index (Phi) is 4.19. The molecule has 20 heavy (non-hydrogen) atoms. The highest BCUT2D eigenvalue weighted by atomic mass is 35.5. The van der Waals surface area contributed by atoms with Gasteiger partial charge in [-0.1, -0.05) is 11.6 Å². The lowest BCUT2D eigenvalue weighted by Crippen LogP contribution is -2.30. The number of amides is 1. The van der Waals surface area contributed by atoms with E-state index in [2.05, 4.69) is 4.98 Å². The summed E-state index contributed by atoms with van der Waals surface area (Å²) in [6.45, 7) is 1.46. The van der Waals surface area contributed by atoms with Gasteiger partial charge in [-0.05, 0) is 24.9 Å². The van der Waals surface area contributed by atoms with Crippen LogP contribution < -0.4 is 5.73 Å². The minimum Gasteiger partial charge on any atom is -0.337 e. The normalized spacial score (nSPS) is 19.4. The maximum Gasteiger partial charge on any atom is 0.417 e. The van der Waals surface area contributed by atoms with Crippen LogP contribution in [0.5, 0.6) is 0 Å². The fourth-order valence-electron chi connectivity index (χ4n) is 2.11. The summed E-state index contributed by atoms with van der Waals surface area (Å²) in [5.41, 5.74) is 4.40. The predicted molar refractivity (Wildman–Crippen MR) is 67.3 cm³/mol. The molecule has 1 aromatic heterocycles. The molecule has 2 N–H and O–H groups in total. The average molecular weight is 308 g/mol. The molecule has 1 atom stereocenters. The molecule has 0 aromatic carbocycles. The first-order valence-electron chi connectivity index (χ1n) is 6.05. The fraction of sp³-hybridized carbons (Fsp3) is 0.500. The van der Waals surface area contributed by atoms with Gasteiger partial charge >= 0.3 is 6.18 Å². The minimum absolute atomic E-state index is 0.155. The van der Waals surface area contributed by atoms with Crippen molar-refractivity contribution < 1.29 is 18.0 Å². The number of hydrogen-bond donors (Lipinski definition) is 1. The molecule has 0 bridgehead atoms. The smallest absolute Gasteiger partial charge is 0.337 e. The van der Waals surface area contributed by atoms with Crippen LogP contribution in [0.4, 0.5) is 13.2 Å². The van der Waals surface area contributed by atoms with Crippen molar-refractivity contribution in [3.63, 3.8) is 0 Å². The van der Waals surface area contributed by atoms with Crippen LogP contribution in [0.2, 0.25) is 5.02 Å². The van der Waals surface area contributed by atoms with Gasteiger partial charge in [-0.25, -0.2) is 4.98 Å². The van der Waals surface area contributed by atoms with Gasteiger partial charge < -0.3 is 10.6 Å². The lowest BCUT2D eigenvalue weighted by Gasteiger charge is -2.17. The summed E-state index contributed by atoms with van der Waals surface area (Å²) in [6, 6.07) is 0.721. The Labute approximate surface area is 118 Å². The highest BCUT2D eigenvalue weighted by molar-refractivity contribution is 6.33. The van der Waals surface area contributed by atoms with E-state index in [1.165, 1.54) is 4.90 Å². The van der Waals surface area contributed by atoms with Crippen molar-refractivity contribution in [3.8, 4) is 0 Å². The number of carbonyl (C=O) groups excluding carboxylic acids is 1.